The molecule has 3 N–H and O–H groups in total. The molecule has 0 aliphatic carbocycles. The number of aliphatic hydroxyl groups is 2. The van der Waals surface area contributed by atoms with E-state index in [-0.39, 0.29) is 18.5 Å². The first-order chi connectivity index (χ1) is 29.5. The van der Waals surface area contributed by atoms with Gasteiger partial charge in [-0.25, -0.2) is 0 Å². The van der Waals surface area contributed by atoms with Gasteiger partial charge in [-0.3, -0.25) is 9.59 Å². The summed E-state index contributed by atoms with van der Waals surface area (Å²) in [6.07, 6.45) is 56.5. The highest BCUT2D eigenvalue weighted by Crippen LogP contribution is 2.17. The van der Waals surface area contributed by atoms with Crippen LogP contribution in [-0.2, 0) is 14.3 Å². The van der Waals surface area contributed by atoms with E-state index < -0.39 is 12.1 Å². The third-order valence-electron chi connectivity index (χ3n) is 12.9. The lowest BCUT2D eigenvalue weighted by atomic mass is 10.0. The van der Waals surface area contributed by atoms with Crippen molar-refractivity contribution in [2.45, 2.75) is 321 Å². The summed E-state index contributed by atoms with van der Waals surface area (Å²) in [5, 5.41) is 23.2. The third-order valence-corrected chi connectivity index (χ3v) is 12.9. The Morgan fingerprint density at radius 2 is 0.683 bits per heavy atom. The number of rotatable bonds is 51. The van der Waals surface area contributed by atoms with Crippen LogP contribution in [0.25, 0.3) is 0 Å². The average Bonchev–Trinajstić information content (AvgIpc) is 3.25. The fourth-order valence-corrected chi connectivity index (χ4v) is 8.70. The third kappa shape index (κ3) is 46.4. The van der Waals surface area contributed by atoms with Gasteiger partial charge in [-0.1, -0.05) is 271 Å². The number of nitrogens with one attached hydrogen (secondary N) is 1. The van der Waals surface area contributed by atoms with Crippen molar-refractivity contribution in [2.24, 2.45) is 0 Å². The van der Waals surface area contributed by atoms with Crippen LogP contribution in [0.15, 0.2) is 0 Å². The molecule has 0 saturated heterocycles. The van der Waals surface area contributed by atoms with Gasteiger partial charge in [-0.2, -0.15) is 0 Å². The Morgan fingerprint density at radius 3 is 1.02 bits per heavy atom. The summed E-state index contributed by atoms with van der Waals surface area (Å²) >= 11 is 0. The molecule has 0 aliphatic rings. The maximum Gasteiger partial charge on any atom is 0.305 e. The summed E-state index contributed by atoms with van der Waals surface area (Å²) in [6.45, 7) is 4.96. The maximum absolute atomic E-state index is 12.4. The number of carbonyl (C=O) groups is 2. The Hall–Kier alpha value is -1.14. The van der Waals surface area contributed by atoms with Gasteiger partial charge in [0.1, 0.15) is 0 Å². The predicted molar refractivity (Wildman–Crippen MR) is 260 cm³/mol. The van der Waals surface area contributed by atoms with Gasteiger partial charge in [0.05, 0.1) is 25.4 Å². The highest BCUT2D eigenvalue weighted by molar-refractivity contribution is 5.76. The lowest BCUT2D eigenvalue weighted by Crippen LogP contribution is -2.45. The van der Waals surface area contributed by atoms with Gasteiger partial charge >= 0.3 is 5.97 Å². The smallest absolute Gasteiger partial charge is 0.305 e. The SMILES string of the molecule is CCCCCCCCCCCCCCCC(O)C(CO)NC(=O)CCCCCCCCCCCCCCCCCCCCOC(=O)CCCCCCCCCCCCCC. The minimum atomic E-state index is -0.664. The van der Waals surface area contributed by atoms with Crippen LogP contribution < -0.4 is 5.32 Å². The molecule has 0 heterocycles. The molecule has 60 heavy (non-hydrogen) atoms. The fourth-order valence-electron chi connectivity index (χ4n) is 8.70. The second kappa shape index (κ2) is 50.5. The molecule has 2 atom stereocenters. The topological polar surface area (TPSA) is 95.9 Å². The Balaban J connectivity index is 3.39. The largest absolute Gasteiger partial charge is 0.466 e. The maximum atomic E-state index is 12.4. The van der Waals surface area contributed by atoms with Crippen molar-refractivity contribution in [3.05, 3.63) is 0 Å². The van der Waals surface area contributed by atoms with E-state index in [0.29, 0.717) is 25.9 Å². The second-order valence-electron chi connectivity index (χ2n) is 18.9. The van der Waals surface area contributed by atoms with E-state index in [9.17, 15) is 19.8 Å². The zero-order valence-corrected chi connectivity index (χ0v) is 40.7. The summed E-state index contributed by atoms with van der Waals surface area (Å²) in [6, 6.07) is -0.542. The quantitative estimate of drug-likeness (QED) is 0.0418. The van der Waals surface area contributed by atoms with Crippen LogP contribution in [0.4, 0.5) is 0 Å². The molecule has 0 fully saturated rings. The summed E-state index contributed by atoms with van der Waals surface area (Å²) in [5.41, 5.74) is 0. The molecule has 0 saturated carbocycles. The van der Waals surface area contributed by atoms with Crippen molar-refractivity contribution in [3.63, 3.8) is 0 Å². The molecule has 0 rings (SSSR count). The standard InChI is InChI=1S/C54H107NO5/c1-3-5-7-9-11-13-15-23-26-30-34-38-42-46-52(57)51(50-56)55-53(58)47-43-39-35-31-27-24-21-19-17-18-20-22-25-29-33-37-41-45-49-60-54(59)48-44-40-36-32-28-16-14-12-10-8-6-4-2/h51-52,56-57H,3-50H2,1-2H3,(H,55,58). The van der Waals surface area contributed by atoms with Crippen LogP contribution in [0.2, 0.25) is 0 Å². The minimum Gasteiger partial charge on any atom is -0.466 e. The van der Waals surface area contributed by atoms with Crippen molar-refractivity contribution in [3.8, 4) is 0 Å². The summed E-state index contributed by atoms with van der Waals surface area (Å²) < 4.78 is 5.46. The number of hydrogen-bond acceptors (Lipinski definition) is 5. The van der Waals surface area contributed by atoms with Crippen molar-refractivity contribution < 1.29 is 24.5 Å². The fraction of sp³-hybridized carbons (Fsp3) is 0.963. The molecule has 358 valence electrons. The van der Waals surface area contributed by atoms with Crippen molar-refractivity contribution in [1.82, 2.24) is 5.32 Å². The molecule has 0 aromatic heterocycles. The molecule has 0 bridgehead atoms. The van der Waals surface area contributed by atoms with E-state index in [1.54, 1.807) is 0 Å². The average molecular weight is 850 g/mol. The number of unbranched alkanes of at least 4 members (excludes halogenated alkanes) is 40. The van der Waals surface area contributed by atoms with Gasteiger partial charge in [-0.15, -0.1) is 0 Å². The Labute approximate surface area is 375 Å². The number of aliphatic hydroxyl groups excluding tert-OH is 2. The van der Waals surface area contributed by atoms with Gasteiger partial charge in [0.2, 0.25) is 5.91 Å². The normalized spacial score (nSPS) is 12.5. The lowest BCUT2D eigenvalue weighted by molar-refractivity contribution is -0.143. The zero-order chi connectivity index (χ0) is 43.7. The molecule has 1 amide bonds. The molecule has 0 aromatic rings. The first-order valence-corrected chi connectivity index (χ1v) is 27.3. The molecule has 0 spiro atoms. The number of amides is 1. The zero-order valence-electron chi connectivity index (χ0n) is 40.7. The van der Waals surface area contributed by atoms with E-state index in [4.69, 9.17) is 4.74 Å². The van der Waals surface area contributed by atoms with Gasteiger partial charge in [-0.05, 0) is 25.7 Å². The summed E-state index contributed by atoms with van der Waals surface area (Å²) in [4.78, 5) is 24.4. The molecule has 2 unspecified atom stereocenters. The predicted octanol–water partition coefficient (Wildman–Crippen LogP) is 16.4. The molecular formula is C54H107NO5. The molecule has 0 radical (unpaired) electrons. The second-order valence-corrected chi connectivity index (χ2v) is 18.9. The van der Waals surface area contributed by atoms with Crippen LogP contribution in [0, 0.1) is 0 Å². The van der Waals surface area contributed by atoms with Crippen molar-refractivity contribution in [1.29, 1.82) is 0 Å². The van der Waals surface area contributed by atoms with Crippen LogP contribution in [-0.4, -0.2) is 47.4 Å². The van der Waals surface area contributed by atoms with E-state index in [2.05, 4.69) is 19.2 Å². The molecule has 6 heteroatoms. The van der Waals surface area contributed by atoms with Crippen molar-refractivity contribution >= 4 is 11.9 Å². The molecular weight excluding hydrogens is 743 g/mol. The summed E-state index contributed by atoms with van der Waals surface area (Å²) in [5.74, 6) is -0.0289. The first-order valence-electron chi connectivity index (χ1n) is 27.3. The van der Waals surface area contributed by atoms with Crippen molar-refractivity contribution in [2.75, 3.05) is 13.2 Å². The van der Waals surface area contributed by atoms with Crippen LogP contribution in [0.1, 0.15) is 309 Å². The minimum absolute atomic E-state index is 0.00859. The van der Waals surface area contributed by atoms with E-state index in [1.807, 2.05) is 0 Å². The van der Waals surface area contributed by atoms with Crippen LogP contribution >= 0.6 is 0 Å². The van der Waals surface area contributed by atoms with E-state index in [0.717, 1.165) is 38.5 Å². The summed E-state index contributed by atoms with van der Waals surface area (Å²) in [7, 11) is 0. The molecule has 6 nitrogen and oxygen atoms in total. The van der Waals surface area contributed by atoms with Gasteiger partial charge < -0.3 is 20.3 Å². The highest BCUT2D eigenvalue weighted by atomic mass is 16.5. The first kappa shape index (κ1) is 58.9. The lowest BCUT2D eigenvalue weighted by Gasteiger charge is -2.22. The monoisotopic (exact) mass is 850 g/mol. The number of carbonyl (C=O) groups excluding carboxylic acids is 2. The Morgan fingerprint density at radius 1 is 0.400 bits per heavy atom. The van der Waals surface area contributed by atoms with Gasteiger partial charge in [0, 0.05) is 12.8 Å². The highest BCUT2D eigenvalue weighted by Gasteiger charge is 2.20. The van der Waals surface area contributed by atoms with Crippen LogP contribution in [0.5, 0.6) is 0 Å². The molecule has 0 aromatic carbocycles. The van der Waals surface area contributed by atoms with Crippen LogP contribution in [0.3, 0.4) is 0 Å². The van der Waals surface area contributed by atoms with E-state index in [1.165, 1.54) is 238 Å². The van der Waals surface area contributed by atoms with Gasteiger partial charge in [0.15, 0.2) is 0 Å². The molecule has 0 aliphatic heterocycles. The number of hydrogen-bond donors (Lipinski definition) is 3. The van der Waals surface area contributed by atoms with Gasteiger partial charge in [0.25, 0.3) is 0 Å². The Kier molecular flexibility index (Phi) is 49.5. The number of esters is 1. The Bertz CT molecular complexity index is 852. The van der Waals surface area contributed by atoms with E-state index >= 15 is 0 Å². The number of ether oxygens (including phenoxy) is 1.